The number of rotatable bonds is 5. The zero-order valence-corrected chi connectivity index (χ0v) is 32.1. The molecule has 11 rings (SSSR count). The normalized spacial score (nSPS) is 12.9. The predicted molar refractivity (Wildman–Crippen MR) is 235 cm³/mol. The third-order valence-corrected chi connectivity index (χ3v) is 12.7. The van der Waals surface area contributed by atoms with E-state index < -0.39 is 5.41 Å². The molecule has 0 unspecified atom stereocenters. The van der Waals surface area contributed by atoms with Gasteiger partial charge in [-0.25, -0.2) is 9.97 Å². The van der Waals surface area contributed by atoms with Gasteiger partial charge in [0.15, 0.2) is 5.82 Å². The summed E-state index contributed by atoms with van der Waals surface area (Å²) in [4.78, 5) is 12.8. The van der Waals surface area contributed by atoms with E-state index in [4.69, 9.17) is 9.97 Å². The molecule has 8 aromatic carbocycles. The minimum Gasteiger partial charge on any atom is -0.228 e. The van der Waals surface area contributed by atoms with Gasteiger partial charge in [-0.3, -0.25) is 0 Å². The summed E-state index contributed by atoms with van der Waals surface area (Å²) in [5.74, 6) is 0.693. The second kappa shape index (κ2) is 13.7. The Balaban J connectivity index is 1.10. The molecule has 1 aromatic heterocycles. The summed E-state index contributed by atoms with van der Waals surface area (Å²) in [6.07, 6.45) is 0. The van der Waals surface area contributed by atoms with E-state index in [0.29, 0.717) is 11.4 Å². The first-order valence-electron chi connectivity index (χ1n) is 19.4. The molecule has 0 fully saturated rings. The molecule has 0 amide bonds. The van der Waals surface area contributed by atoms with Gasteiger partial charge in [-0.2, -0.15) is 5.26 Å². The van der Waals surface area contributed by atoms with E-state index in [9.17, 15) is 5.26 Å². The summed E-state index contributed by atoms with van der Waals surface area (Å²) in [7, 11) is 0. The average molecular weight is 756 g/mol. The number of hydrogen-bond donors (Lipinski definition) is 0. The summed E-state index contributed by atoms with van der Waals surface area (Å²) in [5, 5.41) is 9.47. The van der Waals surface area contributed by atoms with Crippen molar-refractivity contribution < 1.29 is 0 Å². The summed E-state index contributed by atoms with van der Waals surface area (Å²) < 4.78 is 0. The van der Waals surface area contributed by atoms with Gasteiger partial charge >= 0.3 is 0 Å². The Morgan fingerprint density at radius 2 is 0.828 bits per heavy atom. The molecule has 58 heavy (non-hydrogen) atoms. The van der Waals surface area contributed by atoms with Crippen molar-refractivity contribution in [2.75, 3.05) is 0 Å². The van der Waals surface area contributed by atoms with Crippen molar-refractivity contribution in [2.24, 2.45) is 0 Å². The van der Waals surface area contributed by atoms with Crippen LogP contribution in [0, 0.1) is 11.3 Å². The quantitative estimate of drug-likeness (QED) is 0.175. The molecule has 4 heteroatoms. The van der Waals surface area contributed by atoms with Gasteiger partial charge in [-0.15, -0.1) is 0 Å². The van der Waals surface area contributed by atoms with Crippen molar-refractivity contribution in [3.8, 4) is 73.4 Å². The predicted octanol–water partition coefficient (Wildman–Crippen LogP) is 13.5. The Kier molecular flexibility index (Phi) is 8.03. The Labute approximate surface area is 342 Å². The van der Waals surface area contributed by atoms with E-state index in [1.54, 1.807) is 0 Å². The Morgan fingerprint density at radius 3 is 1.45 bits per heavy atom. The molecule has 0 radical (unpaired) electrons. The summed E-state index contributed by atoms with van der Waals surface area (Å²) >= 11 is 1.82. The van der Waals surface area contributed by atoms with Crippen LogP contribution in [0.4, 0.5) is 0 Å². The van der Waals surface area contributed by atoms with E-state index in [1.807, 2.05) is 60.3 Å². The number of aromatic nitrogens is 2. The topological polar surface area (TPSA) is 49.6 Å². The van der Waals surface area contributed by atoms with Gasteiger partial charge in [-0.05, 0) is 86.0 Å². The van der Waals surface area contributed by atoms with E-state index in [0.717, 1.165) is 39.2 Å². The molecule has 0 N–H and O–H groups in total. The van der Waals surface area contributed by atoms with Crippen LogP contribution in [0.1, 0.15) is 27.8 Å². The van der Waals surface area contributed by atoms with Gasteiger partial charge in [0.2, 0.25) is 0 Å². The van der Waals surface area contributed by atoms with Crippen LogP contribution < -0.4 is 0 Å². The number of nitrogens with zero attached hydrogens (tertiary/aromatic N) is 3. The first-order valence-corrected chi connectivity index (χ1v) is 20.3. The van der Waals surface area contributed by atoms with Gasteiger partial charge in [0.05, 0.1) is 28.4 Å². The molecule has 2 heterocycles. The van der Waals surface area contributed by atoms with Crippen molar-refractivity contribution in [2.45, 2.75) is 15.2 Å². The number of fused-ring (bicyclic) bond motifs is 9. The maximum absolute atomic E-state index is 9.47. The van der Waals surface area contributed by atoms with E-state index in [-0.39, 0.29) is 0 Å². The lowest BCUT2D eigenvalue weighted by Gasteiger charge is -2.40. The van der Waals surface area contributed by atoms with Crippen LogP contribution in [0.15, 0.2) is 210 Å². The minimum absolute atomic E-state index is 0.503. The third-order valence-electron chi connectivity index (χ3n) is 11.6. The molecular weight excluding hydrogens is 723 g/mol. The minimum atomic E-state index is -0.503. The number of benzene rings is 8. The molecule has 1 aliphatic carbocycles. The van der Waals surface area contributed by atoms with Crippen molar-refractivity contribution >= 4 is 11.8 Å². The molecule has 1 spiro atoms. The summed E-state index contributed by atoms with van der Waals surface area (Å²) in [6, 6.07) is 73.3. The van der Waals surface area contributed by atoms with Crippen LogP contribution in [0.2, 0.25) is 0 Å². The zero-order chi connectivity index (χ0) is 38.6. The van der Waals surface area contributed by atoms with Crippen LogP contribution in [-0.2, 0) is 5.41 Å². The lowest BCUT2D eigenvalue weighted by molar-refractivity contribution is 0.723. The Hall–Kier alpha value is -7.32. The van der Waals surface area contributed by atoms with Crippen LogP contribution in [0.3, 0.4) is 0 Å². The summed E-state index contributed by atoms with van der Waals surface area (Å²) in [5.41, 5.74) is 17.2. The van der Waals surface area contributed by atoms with Gasteiger partial charge in [0, 0.05) is 26.5 Å². The van der Waals surface area contributed by atoms with Crippen molar-refractivity contribution in [1.82, 2.24) is 9.97 Å². The third kappa shape index (κ3) is 5.44. The second-order valence-corrected chi connectivity index (χ2v) is 15.9. The highest BCUT2D eigenvalue weighted by Crippen LogP contribution is 2.62. The van der Waals surface area contributed by atoms with Gasteiger partial charge in [0.25, 0.3) is 0 Å². The van der Waals surface area contributed by atoms with Crippen LogP contribution >= 0.6 is 11.8 Å². The molecule has 270 valence electrons. The molecule has 0 atom stereocenters. The van der Waals surface area contributed by atoms with E-state index in [1.165, 1.54) is 54.3 Å². The van der Waals surface area contributed by atoms with Crippen LogP contribution in [0.5, 0.6) is 0 Å². The number of hydrogen-bond acceptors (Lipinski definition) is 4. The largest absolute Gasteiger partial charge is 0.228 e. The molecule has 9 aromatic rings. The first kappa shape index (κ1) is 34.0. The molecule has 0 bridgehead atoms. The summed E-state index contributed by atoms with van der Waals surface area (Å²) in [6.45, 7) is 0. The maximum atomic E-state index is 9.47. The Morgan fingerprint density at radius 1 is 0.379 bits per heavy atom. The first-order chi connectivity index (χ1) is 28.7. The highest BCUT2D eigenvalue weighted by atomic mass is 32.2. The maximum Gasteiger partial charge on any atom is 0.160 e. The lowest BCUT2D eigenvalue weighted by Crippen LogP contribution is -2.32. The SMILES string of the molecule is N#Cc1ccc(-c2ccc3c(c2)Sc2cc(-c4cc(-c5ccc(-c6ccccc6)cc5)nc(-c5ccccc5)n4)ccc2C32c3ccccc3-c3ccccc32)cc1. The Bertz CT molecular complexity index is 3030. The van der Waals surface area contributed by atoms with Crippen molar-refractivity contribution in [1.29, 1.82) is 5.26 Å². The number of nitriles is 1. The fourth-order valence-electron chi connectivity index (χ4n) is 8.91. The fraction of sp³-hybridized carbons (Fsp3) is 0.0185. The average Bonchev–Trinajstić information content (AvgIpc) is 3.59. The fourth-order valence-corrected chi connectivity index (χ4v) is 10.2. The monoisotopic (exact) mass is 755 g/mol. The van der Waals surface area contributed by atoms with E-state index in [2.05, 4.69) is 158 Å². The highest BCUT2D eigenvalue weighted by molar-refractivity contribution is 7.99. The molecule has 0 saturated carbocycles. The molecular formula is C54H33N3S. The molecule has 0 saturated heterocycles. The van der Waals surface area contributed by atoms with Gasteiger partial charge < -0.3 is 0 Å². The van der Waals surface area contributed by atoms with Crippen LogP contribution in [0.25, 0.3) is 67.3 Å². The van der Waals surface area contributed by atoms with Crippen molar-refractivity contribution in [3.63, 3.8) is 0 Å². The molecule has 2 aliphatic rings. The van der Waals surface area contributed by atoms with Crippen molar-refractivity contribution in [3.05, 3.63) is 228 Å². The van der Waals surface area contributed by atoms with Crippen LogP contribution in [-0.4, -0.2) is 9.97 Å². The lowest BCUT2D eigenvalue weighted by atomic mass is 9.67. The smallest absolute Gasteiger partial charge is 0.160 e. The standard InChI is InChI=1S/C54H33N3S/c55-34-35-19-21-38(22-20-35)41-27-29-47-51(31-41)58-52-32-42(28-30-48(52)54(47)45-17-9-7-15-43(45)44-16-8-10-18-46(44)54)50-33-49(56-53(57-50)40-13-5-2-6-14-40)39-25-23-37(24-26-39)36-11-3-1-4-12-36/h1-33H. The zero-order valence-electron chi connectivity index (χ0n) is 31.3. The van der Waals surface area contributed by atoms with Gasteiger partial charge in [-0.1, -0.05) is 182 Å². The van der Waals surface area contributed by atoms with E-state index >= 15 is 0 Å². The van der Waals surface area contributed by atoms with Gasteiger partial charge in [0.1, 0.15) is 0 Å². The second-order valence-electron chi connectivity index (χ2n) is 14.8. The highest BCUT2D eigenvalue weighted by Gasteiger charge is 2.50. The molecule has 1 aliphatic heterocycles. The molecule has 3 nitrogen and oxygen atoms in total.